The van der Waals surface area contributed by atoms with Crippen LogP contribution >= 0.6 is 0 Å². The Hall–Kier alpha value is -1.32. The van der Waals surface area contributed by atoms with Gasteiger partial charge in [-0.15, -0.1) is 0 Å². The van der Waals surface area contributed by atoms with Gasteiger partial charge in [0.1, 0.15) is 5.82 Å². The molecule has 0 spiro atoms. The summed E-state index contributed by atoms with van der Waals surface area (Å²) in [5, 5.41) is 0. The average Bonchev–Trinajstić information content (AvgIpc) is 2.07. The maximum absolute atomic E-state index is 11.6. The molecule has 1 aromatic rings. The minimum Gasteiger partial charge on any atom is -0.362 e. The predicted molar refractivity (Wildman–Crippen MR) is 57.9 cm³/mol. The van der Waals surface area contributed by atoms with Gasteiger partial charge in [-0.1, -0.05) is 0 Å². The van der Waals surface area contributed by atoms with E-state index in [1.165, 1.54) is 0 Å². The minimum atomic E-state index is -0.186. The van der Waals surface area contributed by atoms with Gasteiger partial charge in [0.05, 0.1) is 0 Å². The molecule has 4 nitrogen and oxygen atoms in total. The number of aromatic nitrogens is 2. The average molecular weight is 195 g/mol. The molecule has 0 unspecified atom stereocenters. The summed E-state index contributed by atoms with van der Waals surface area (Å²) in [5.41, 5.74) is 0.831. The van der Waals surface area contributed by atoms with E-state index in [0.29, 0.717) is 0 Å². The van der Waals surface area contributed by atoms with Crippen molar-refractivity contribution in [3.63, 3.8) is 0 Å². The minimum absolute atomic E-state index is 0.157. The second-order valence-electron chi connectivity index (χ2n) is 3.93. The molecule has 0 atom stereocenters. The van der Waals surface area contributed by atoms with Crippen LogP contribution in [0.4, 0.5) is 5.82 Å². The first-order valence-electron chi connectivity index (χ1n) is 4.70. The van der Waals surface area contributed by atoms with Gasteiger partial charge in [0.2, 0.25) is 0 Å². The van der Waals surface area contributed by atoms with Crippen LogP contribution < -0.4 is 10.6 Å². The lowest BCUT2D eigenvalue weighted by Gasteiger charge is -2.16. The van der Waals surface area contributed by atoms with E-state index in [1.54, 1.807) is 4.57 Å². The highest BCUT2D eigenvalue weighted by Crippen LogP contribution is 2.12. The zero-order valence-corrected chi connectivity index (χ0v) is 9.40. The van der Waals surface area contributed by atoms with Crippen LogP contribution in [0.25, 0.3) is 0 Å². The summed E-state index contributed by atoms with van der Waals surface area (Å²) in [4.78, 5) is 17.4. The van der Waals surface area contributed by atoms with Crippen molar-refractivity contribution < 1.29 is 0 Å². The lowest BCUT2D eigenvalue weighted by atomic mass is 10.3. The van der Waals surface area contributed by atoms with Crippen LogP contribution in [0.5, 0.6) is 0 Å². The van der Waals surface area contributed by atoms with E-state index in [9.17, 15) is 4.79 Å². The maximum atomic E-state index is 11.6. The second-order valence-corrected chi connectivity index (χ2v) is 3.93. The number of rotatable bonds is 2. The second kappa shape index (κ2) is 3.82. The molecule has 0 radical (unpaired) electrons. The van der Waals surface area contributed by atoms with Crippen LogP contribution in [0.15, 0.2) is 11.0 Å². The summed E-state index contributed by atoms with van der Waals surface area (Å²) < 4.78 is 1.64. The molecule has 0 N–H and O–H groups in total. The molecule has 0 aliphatic carbocycles. The van der Waals surface area contributed by atoms with E-state index in [2.05, 4.69) is 4.98 Å². The van der Waals surface area contributed by atoms with Crippen LogP contribution in [-0.2, 0) is 0 Å². The largest absolute Gasteiger partial charge is 0.362 e. The van der Waals surface area contributed by atoms with Crippen LogP contribution in [0.2, 0.25) is 0 Å². The van der Waals surface area contributed by atoms with Crippen molar-refractivity contribution >= 4 is 5.82 Å². The highest BCUT2D eigenvalue weighted by atomic mass is 16.1. The van der Waals surface area contributed by atoms with Crippen molar-refractivity contribution in [1.82, 2.24) is 9.55 Å². The fourth-order valence-corrected chi connectivity index (χ4v) is 1.38. The summed E-state index contributed by atoms with van der Waals surface area (Å²) in [6.07, 6.45) is 1.86. The highest BCUT2D eigenvalue weighted by Gasteiger charge is 2.08. The number of anilines is 1. The Morgan fingerprint density at radius 2 is 2.00 bits per heavy atom. The summed E-state index contributed by atoms with van der Waals surface area (Å²) in [5.74, 6) is 0.743. The van der Waals surface area contributed by atoms with E-state index in [1.807, 2.05) is 46.0 Å². The molecule has 1 rings (SSSR count). The zero-order valence-electron chi connectivity index (χ0n) is 9.40. The van der Waals surface area contributed by atoms with E-state index in [-0.39, 0.29) is 11.7 Å². The fraction of sp³-hybridized carbons (Fsp3) is 0.600. The van der Waals surface area contributed by atoms with Crippen LogP contribution in [0.1, 0.15) is 25.5 Å². The number of hydrogen-bond acceptors (Lipinski definition) is 3. The van der Waals surface area contributed by atoms with Crippen molar-refractivity contribution in [3.05, 3.63) is 22.2 Å². The first-order valence-corrected chi connectivity index (χ1v) is 4.70. The van der Waals surface area contributed by atoms with Crippen molar-refractivity contribution in [2.45, 2.75) is 26.8 Å². The topological polar surface area (TPSA) is 38.1 Å². The van der Waals surface area contributed by atoms with Gasteiger partial charge in [0.15, 0.2) is 0 Å². The third-order valence-corrected chi connectivity index (χ3v) is 2.09. The molecule has 78 valence electrons. The molecule has 0 amide bonds. The van der Waals surface area contributed by atoms with Gasteiger partial charge in [0, 0.05) is 31.9 Å². The molecular weight excluding hydrogens is 178 g/mol. The normalized spacial score (nSPS) is 10.7. The Bertz CT molecular complexity index is 379. The number of nitrogens with zero attached hydrogens (tertiary/aromatic N) is 3. The molecule has 0 fully saturated rings. The number of aryl methyl sites for hydroxylation is 1. The SMILES string of the molecule is Cc1cn(C(C)C)c(=O)nc1N(C)C. The summed E-state index contributed by atoms with van der Waals surface area (Å²) in [7, 11) is 3.77. The first-order chi connectivity index (χ1) is 6.43. The van der Waals surface area contributed by atoms with Crippen LogP contribution in [0, 0.1) is 6.92 Å². The van der Waals surface area contributed by atoms with Crippen molar-refractivity contribution in [3.8, 4) is 0 Å². The Morgan fingerprint density at radius 1 is 1.43 bits per heavy atom. The van der Waals surface area contributed by atoms with Gasteiger partial charge in [-0.25, -0.2) is 4.79 Å². The molecule has 4 heteroatoms. The quantitative estimate of drug-likeness (QED) is 0.711. The standard InChI is InChI=1S/C10H17N3O/c1-7(2)13-6-8(3)9(12(4)5)11-10(13)14/h6-7H,1-5H3. The predicted octanol–water partition coefficient (Wildman–Crippen LogP) is 1.20. The highest BCUT2D eigenvalue weighted by molar-refractivity contribution is 5.42. The van der Waals surface area contributed by atoms with Crippen LogP contribution in [0.3, 0.4) is 0 Å². The molecule has 0 bridgehead atoms. The third-order valence-electron chi connectivity index (χ3n) is 2.09. The summed E-state index contributed by atoms with van der Waals surface area (Å²) >= 11 is 0. The Morgan fingerprint density at radius 3 is 2.43 bits per heavy atom. The van der Waals surface area contributed by atoms with E-state index >= 15 is 0 Å². The molecule has 0 saturated heterocycles. The van der Waals surface area contributed by atoms with E-state index in [4.69, 9.17) is 0 Å². The fourth-order valence-electron chi connectivity index (χ4n) is 1.38. The van der Waals surface area contributed by atoms with Gasteiger partial charge < -0.3 is 4.90 Å². The Kier molecular flexibility index (Phi) is 2.93. The summed E-state index contributed by atoms with van der Waals surface area (Å²) in [6.45, 7) is 5.90. The molecule has 1 aromatic heterocycles. The van der Waals surface area contributed by atoms with Gasteiger partial charge in [-0.3, -0.25) is 4.57 Å². The van der Waals surface area contributed by atoms with Crippen molar-refractivity contribution in [2.75, 3.05) is 19.0 Å². The van der Waals surface area contributed by atoms with Crippen LogP contribution in [-0.4, -0.2) is 23.6 Å². The Balaban J connectivity index is 3.32. The lowest BCUT2D eigenvalue weighted by Crippen LogP contribution is -2.27. The van der Waals surface area contributed by atoms with E-state index in [0.717, 1.165) is 11.4 Å². The molecule has 0 aliphatic heterocycles. The van der Waals surface area contributed by atoms with Crippen molar-refractivity contribution in [2.24, 2.45) is 0 Å². The molecule has 14 heavy (non-hydrogen) atoms. The molecule has 0 aliphatic rings. The molecular formula is C10H17N3O. The first kappa shape index (κ1) is 10.8. The smallest absolute Gasteiger partial charge is 0.349 e. The maximum Gasteiger partial charge on any atom is 0.349 e. The summed E-state index contributed by atoms with van der Waals surface area (Å²) in [6, 6.07) is 0.157. The molecule has 0 aromatic carbocycles. The van der Waals surface area contributed by atoms with E-state index < -0.39 is 0 Å². The number of hydrogen-bond donors (Lipinski definition) is 0. The lowest BCUT2D eigenvalue weighted by molar-refractivity contribution is 0.561. The zero-order chi connectivity index (χ0) is 10.9. The van der Waals surface area contributed by atoms with Crippen molar-refractivity contribution in [1.29, 1.82) is 0 Å². The monoisotopic (exact) mass is 195 g/mol. The van der Waals surface area contributed by atoms with Gasteiger partial charge in [-0.2, -0.15) is 4.98 Å². The molecule has 1 heterocycles. The van der Waals surface area contributed by atoms with Gasteiger partial charge in [0.25, 0.3) is 0 Å². The Labute approximate surface area is 84.2 Å². The van der Waals surface area contributed by atoms with Gasteiger partial charge in [-0.05, 0) is 20.8 Å². The third kappa shape index (κ3) is 1.95. The molecule has 0 saturated carbocycles. The van der Waals surface area contributed by atoms with Gasteiger partial charge >= 0.3 is 5.69 Å².